The molecule has 1 heterocycles. The maximum atomic E-state index is 13.0. The van der Waals surface area contributed by atoms with Crippen molar-refractivity contribution in [3.05, 3.63) is 124 Å². The highest BCUT2D eigenvalue weighted by Gasteiger charge is 2.21. The highest BCUT2D eigenvalue weighted by molar-refractivity contribution is 6.33. The maximum absolute atomic E-state index is 13.0. The number of carbonyl (C=O) groups is 1. The lowest BCUT2D eigenvalue weighted by Gasteiger charge is -2.18. The van der Waals surface area contributed by atoms with Crippen LogP contribution in [0.2, 0.25) is 5.15 Å². The molecule has 5 heteroatoms. The predicted octanol–water partition coefficient (Wildman–Crippen LogP) is 5.85. The van der Waals surface area contributed by atoms with Gasteiger partial charge in [-0.3, -0.25) is 4.79 Å². The minimum absolute atomic E-state index is 0.188. The summed E-state index contributed by atoms with van der Waals surface area (Å²) in [5, 5.41) is 7.91. The third kappa shape index (κ3) is 5.09. The Morgan fingerprint density at radius 2 is 1.44 bits per heavy atom. The molecule has 4 aromatic rings. The predicted molar refractivity (Wildman–Crippen MR) is 129 cm³/mol. The molecule has 0 unspecified atom stereocenters. The van der Waals surface area contributed by atoms with E-state index in [1.165, 1.54) is 11.1 Å². The molecule has 0 aliphatic carbocycles. The Balaban J connectivity index is 1.45. The normalized spacial score (nSPS) is 11.0. The molecule has 0 spiro atoms. The van der Waals surface area contributed by atoms with E-state index in [9.17, 15) is 4.79 Å². The first-order valence-electron chi connectivity index (χ1n) is 10.8. The standard InChI is InChI=1S/C27H26ClN3O/c1-20-25(26(28)31(30-20)19-21-11-5-2-6-12-21)27(32)29-18-17-24(22-13-7-3-8-14-22)23-15-9-4-10-16-23/h2-16,24H,17-19H2,1H3,(H,29,32). The van der Waals surface area contributed by atoms with E-state index in [1.54, 1.807) is 4.68 Å². The van der Waals surface area contributed by atoms with E-state index in [0.717, 1.165) is 12.0 Å². The minimum Gasteiger partial charge on any atom is -0.352 e. The van der Waals surface area contributed by atoms with Gasteiger partial charge in [-0.05, 0) is 30.0 Å². The van der Waals surface area contributed by atoms with E-state index in [4.69, 9.17) is 11.6 Å². The fraction of sp³-hybridized carbons (Fsp3) is 0.185. The molecule has 162 valence electrons. The van der Waals surface area contributed by atoms with Crippen molar-refractivity contribution >= 4 is 17.5 Å². The molecule has 0 bridgehead atoms. The van der Waals surface area contributed by atoms with Crippen molar-refractivity contribution in [3.63, 3.8) is 0 Å². The van der Waals surface area contributed by atoms with Gasteiger partial charge >= 0.3 is 0 Å². The number of aromatic nitrogens is 2. The smallest absolute Gasteiger partial charge is 0.256 e. The molecule has 0 saturated heterocycles. The van der Waals surface area contributed by atoms with Crippen molar-refractivity contribution in [1.82, 2.24) is 15.1 Å². The van der Waals surface area contributed by atoms with Crippen LogP contribution in [0.25, 0.3) is 0 Å². The highest BCUT2D eigenvalue weighted by atomic mass is 35.5. The number of rotatable bonds is 8. The number of carbonyl (C=O) groups excluding carboxylic acids is 1. The van der Waals surface area contributed by atoms with Gasteiger partial charge in [-0.15, -0.1) is 0 Å². The van der Waals surface area contributed by atoms with Crippen LogP contribution in [-0.4, -0.2) is 22.2 Å². The van der Waals surface area contributed by atoms with Crippen LogP contribution in [0.3, 0.4) is 0 Å². The van der Waals surface area contributed by atoms with Crippen molar-refractivity contribution in [3.8, 4) is 0 Å². The third-order valence-electron chi connectivity index (χ3n) is 5.59. The average molecular weight is 444 g/mol. The summed E-state index contributed by atoms with van der Waals surface area (Å²) in [6, 6.07) is 30.7. The van der Waals surface area contributed by atoms with Crippen molar-refractivity contribution in [2.75, 3.05) is 6.54 Å². The Morgan fingerprint density at radius 1 is 0.906 bits per heavy atom. The largest absolute Gasteiger partial charge is 0.352 e. The average Bonchev–Trinajstić information content (AvgIpc) is 3.11. The SMILES string of the molecule is Cc1nn(Cc2ccccc2)c(Cl)c1C(=O)NCCC(c1ccccc1)c1ccccc1. The number of nitrogens with one attached hydrogen (secondary N) is 1. The van der Waals surface area contributed by atoms with Crippen LogP contribution in [0.15, 0.2) is 91.0 Å². The van der Waals surface area contributed by atoms with Gasteiger partial charge < -0.3 is 5.32 Å². The van der Waals surface area contributed by atoms with Gasteiger partial charge in [-0.25, -0.2) is 4.68 Å². The molecular formula is C27H26ClN3O. The van der Waals surface area contributed by atoms with E-state index in [1.807, 2.05) is 73.7 Å². The Morgan fingerprint density at radius 3 is 2.00 bits per heavy atom. The van der Waals surface area contributed by atoms with Crippen LogP contribution in [0.5, 0.6) is 0 Å². The van der Waals surface area contributed by atoms with Gasteiger partial charge in [-0.2, -0.15) is 5.10 Å². The molecule has 1 amide bonds. The molecule has 0 radical (unpaired) electrons. The number of benzene rings is 3. The first kappa shape index (κ1) is 21.8. The zero-order chi connectivity index (χ0) is 22.3. The molecular weight excluding hydrogens is 418 g/mol. The molecule has 1 aromatic heterocycles. The summed E-state index contributed by atoms with van der Waals surface area (Å²) < 4.78 is 1.68. The van der Waals surface area contributed by atoms with Crippen LogP contribution in [0.4, 0.5) is 0 Å². The van der Waals surface area contributed by atoms with Crippen molar-refractivity contribution in [2.24, 2.45) is 0 Å². The number of amides is 1. The van der Waals surface area contributed by atoms with Gasteiger partial charge in [0.25, 0.3) is 5.91 Å². The van der Waals surface area contributed by atoms with E-state index in [0.29, 0.717) is 29.5 Å². The van der Waals surface area contributed by atoms with Crippen LogP contribution >= 0.6 is 11.6 Å². The van der Waals surface area contributed by atoms with Crippen molar-refractivity contribution in [1.29, 1.82) is 0 Å². The van der Waals surface area contributed by atoms with Gasteiger partial charge in [0, 0.05) is 12.5 Å². The molecule has 32 heavy (non-hydrogen) atoms. The monoisotopic (exact) mass is 443 g/mol. The van der Waals surface area contributed by atoms with Gasteiger partial charge in [0.2, 0.25) is 0 Å². The van der Waals surface area contributed by atoms with Crippen molar-refractivity contribution < 1.29 is 4.79 Å². The number of aryl methyl sites for hydroxylation is 1. The second kappa shape index (κ2) is 10.3. The number of hydrogen-bond acceptors (Lipinski definition) is 2. The zero-order valence-corrected chi connectivity index (χ0v) is 18.8. The second-order valence-corrected chi connectivity index (χ2v) is 8.17. The lowest BCUT2D eigenvalue weighted by atomic mass is 9.88. The fourth-order valence-corrected chi connectivity index (χ4v) is 4.31. The molecule has 0 aliphatic rings. The van der Waals surface area contributed by atoms with Crippen LogP contribution in [-0.2, 0) is 6.54 Å². The van der Waals surface area contributed by atoms with Gasteiger partial charge in [0.05, 0.1) is 17.8 Å². The summed E-state index contributed by atoms with van der Waals surface area (Å²) in [5.41, 5.74) is 4.62. The Bertz CT molecular complexity index is 1120. The zero-order valence-electron chi connectivity index (χ0n) is 18.0. The molecule has 3 aromatic carbocycles. The third-order valence-corrected chi connectivity index (χ3v) is 5.97. The molecule has 0 aliphatic heterocycles. The minimum atomic E-state index is -0.188. The molecule has 4 rings (SSSR count). The Kier molecular flexibility index (Phi) is 7.03. The second-order valence-electron chi connectivity index (χ2n) is 7.81. The van der Waals surface area contributed by atoms with Gasteiger partial charge in [0.1, 0.15) is 5.15 Å². The number of hydrogen-bond donors (Lipinski definition) is 1. The van der Waals surface area contributed by atoms with Gasteiger partial charge in [-0.1, -0.05) is 103 Å². The molecule has 0 saturated carbocycles. The summed E-state index contributed by atoms with van der Waals surface area (Å²) in [5.74, 6) is 0.0155. The Labute approximate surface area is 193 Å². The van der Waals surface area contributed by atoms with Crippen molar-refractivity contribution in [2.45, 2.75) is 25.8 Å². The number of nitrogens with zero attached hydrogens (tertiary/aromatic N) is 2. The summed E-state index contributed by atoms with van der Waals surface area (Å²) in [4.78, 5) is 13.0. The maximum Gasteiger partial charge on any atom is 0.256 e. The van der Waals surface area contributed by atoms with E-state index >= 15 is 0 Å². The molecule has 4 nitrogen and oxygen atoms in total. The first-order valence-corrected chi connectivity index (χ1v) is 11.2. The fourth-order valence-electron chi connectivity index (χ4n) is 3.99. The first-order chi connectivity index (χ1) is 15.6. The summed E-state index contributed by atoms with van der Waals surface area (Å²) in [7, 11) is 0. The topological polar surface area (TPSA) is 46.9 Å². The highest BCUT2D eigenvalue weighted by Crippen LogP contribution is 2.27. The van der Waals surface area contributed by atoms with Gasteiger partial charge in [0.15, 0.2) is 0 Å². The van der Waals surface area contributed by atoms with Crippen LogP contribution in [0, 0.1) is 6.92 Å². The van der Waals surface area contributed by atoms with Crippen LogP contribution in [0.1, 0.15) is 45.1 Å². The lowest BCUT2D eigenvalue weighted by Crippen LogP contribution is -2.26. The van der Waals surface area contributed by atoms with E-state index in [2.05, 4.69) is 34.7 Å². The van der Waals surface area contributed by atoms with Crippen LogP contribution < -0.4 is 5.32 Å². The van der Waals surface area contributed by atoms with E-state index < -0.39 is 0 Å². The number of halogens is 1. The summed E-state index contributed by atoms with van der Waals surface area (Å²) in [6.45, 7) is 2.88. The summed E-state index contributed by atoms with van der Waals surface area (Å²) in [6.07, 6.45) is 0.786. The molecule has 1 N–H and O–H groups in total. The lowest BCUT2D eigenvalue weighted by molar-refractivity contribution is 0.0952. The Hall–Kier alpha value is -3.37. The van der Waals surface area contributed by atoms with E-state index in [-0.39, 0.29) is 11.8 Å². The quantitative estimate of drug-likeness (QED) is 0.371. The molecule has 0 fully saturated rings. The summed E-state index contributed by atoms with van der Waals surface area (Å²) >= 11 is 6.55. The molecule has 0 atom stereocenters.